The Labute approximate surface area is 107 Å². The van der Waals surface area contributed by atoms with Crippen molar-refractivity contribution in [2.75, 3.05) is 0 Å². The molecule has 0 bridgehead atoms. The van der Waals surface area contributed by atoms with Crippen molar-refractivity contribution in [2.24, 2.45) is 0 Å². The molecule has 6 heteroatoms. The molecule has 0 N–H and O–H groups in total. The summed E-state index contributed by atoms with van der Waals surface area (Å²) in [5.41, 5.74) is 0.207. The molecule has 0 aliphatic carbocycles. The lowest BCUT2D eigenvalue weighted by atomic mass is 10.1. The Hall–Kier alpha value is -2.19. The molecule has 2 aromatic rings. The molecule has 1 aromatic heterocycles. The van der Waals surface area contributed by atoms with Gasteiger partial charge in [-0.15, -0.1) is 0 Å². The number of hydrogen-bond acceptors (Lipinski definition) is 3. The smallest absolute Gasteiger partial charge is 0.255 e. The molecule has 0 unspecified atom stereocenters. The quantitative estimate of drug-likeness (QED) is 0.778. The minimum atomic E-state index is -0.476. The summed E-state index contributed by atoms with van der Waals surface area (Å²) in [6.45, 7) is 0.00432. The van der Waals surface area contributed by atoms with Gasteiger partial charge in [0.25, 0.3) is 5.56 Å². The number of nitrogens with zero attached hydrogens (tertiary/aromatic N) is 3. The summed E-state index contributed by atoms with van der Waals surface area (Å²) in [7, 11) is 0. The van der Waals surface area contributed by atoms with E-state index in [0.717, 1.165) is 6.07 Å². The highest BCUT2D eigenvalue weighted by Gasteiger charge is 2.06. The highest BCUT2D eigenvalue weighted by Crippen LogP contribution is 2.11. The summed E-state index contributed by atoms with van der Waals surface area (Å²) < 4.78 is 14.7. The third kappa shape index (κ3) is 2.55. The Bertz CT molecular complexity index is 690. The second kappa shape index (κ2) is 4.98. The molecular formula is C12H7ClFN3O. The molecular weight excluding hydrogens is 257 g/mol. The van der Waals surface area contributed by atoms with Gasteiger partial charge >= 0.3 is 0 Å². The van der Waals surface area contributed by atoms with Gasteiger partial charge < -0.3 is 0 Å². The number of halogens is 2. The Morgan fingerprint density at radius 3 is 2.89 bits per heavy atom. The maximum Gasteiger partial charge on any atom is 0.255 e. The van der Waals surface area contributed by atoms with E-state index in [1.165, 1.54) is 29.1 Å². The molecule has 2 rings (SSSR count). The van der Waals surface area contributed by atoms with Gasteiger partial charge in [0.05, 0.1) is 24.5 Å². The van der Waals surface area contributed by atoms with Crippen LogP contribution >= 0.6 is 11.6 Å². The number of hydrogen-bond donors (Lipinski definition) is 0. The molecule has 0 spiro atoms. The zero-order chi connectivity index (χ0) is 13.1. The lowest BCUT2D eigenvalue weighted by Crippen LogP contribution is -2.20. The summed E-state index contributed by atoms with van der Waals surface area (Å²) in [6.07, 6.45) is 1.24. The molecule has 0 fully saturated rings. The fourth-order valence-electron chi connectivity index (χ4n) is 1.47. The van der Waals surface area contributed by atoms with Crippen molar-refractivity contribution in [2.45, 2.75) is 6.54 Å². The van der Waals surface area contributed by atoms with E-state index >= 15 is 0 Å². The Kier molecular flexibility index (Phi) is 3.40. The van der Waals surface area contributed by atoms with E-state index in [-0.39, 0.29) is 22.8 Å². The van der Waals surface area contributed by atoms with Crippen molar-refractivity contribution >= 4 is 11.6 Å². The largest absolute Gasteiger partial charge is 0.295 e. The first-order chi connectivity index (χ1) is 8.60. The van der Waals surface area contributed by atoms with E-state index in [2.05, 4.69) is 4.98 Å². The van der Waals surface area contributed by atoms with Crippen LogP contribution in [0, 0.1) is 17.1 Å². The molecule has 0 aliphatic heterocycles. The van der Waals surface area contributed by atoms with Crippen LogP contribution in [-0.2, 0) is 6.54 Å². The third-order valence-electron chi connectivity index (χ3n) is 2.36. The summed E-state index contributed by atoms with van der Waals surface area (Å²) in [6, 6.07) is 7.03. The van der Waals surface area contributed by atoms with Crippen LogP contribution in [0.3, 0.4) is 0 Å². The number of benzene rings is 1. The van der Waals surface area contributed by atoms with Gasteiger partial charge in [0.15, 0.2) is 0 Å². The van der Waals surface area contributed by atoms with Crippen LogP contribution in [0.15, 0.2) is 35.4 Å². The van der Waals surface area contributed by atoms with Crippen LogP contribution in [-0.4, -0.2) is 9.55 Å². The van der Waals surface area contributed by atoms with Crippen LogP contribution in [0.4, 0.5) is 4.39 Å². The highest BCUT2D eigenvalue weighted by atomic mass is 35.5. The molecule has 4 nitrogen and oxygen atoms in total. The fraction of sp³-hybridized carbons (Fsp3) is 0.0833. The lowest BCUT2D eigenvalue weighted by molar-refractivity contribution is 0.594. The molecule has 0 aliphatic rings. The van der Waals surface area contributed by atoms with E-state index in [0.29, 0.717) is 5.56 Å². The average Bonchev–Trinajstić information content (AvgIpc) is 2.35. The summed E-state index contributed by atoms with van der Waals surface area (Å²) >= 11 is 5.56. The summed E-state index contributed by atoms with van der Waals surface area (Å²) in [5, 5.41) is 8.82. The molecule has 0 saturated carbocycles. The van der Waals surface area contributed by atoms with Crippen LogP contribution in [0.25, 0.3) is 0 Å². The minimum absolute atomic E-state index is 0.00432. The summed E-state index contributed by atoms with van der Waals surface area (Å²) in [5.74, 6) is -0.476. The van der Waals surface area contributed by atoms with Crippen molar-refractivity contribution < 1.29 is 4.39 Å². The Morgan fingerprint density at radius 1 is 1.44 bits per heavy atom. The molecule has 0 saturated heterocycles. The number of rotatable bonds is 2. The number of aromatic nitrogens is 2. The molecule has 1 heterocycles. The Morgan fingerprint density at radius 2 is 2.22 bits per heavy atom. The maximum atomic E-state index is 13.5. The Balaban J connectivity index is 2.40. The average molecular weight is 264 g/mol. The van der Waals surface area contributed by atoms with Gasteiger partial charge in [-0.2, -0.15) is 5.26 Å². The predicted molar refractivity (Wildman–Crippen MR) is 63.7 cm³/mol. The van der Waals surface area contributed by atoms with E-state index in [1.54, 1.807) is 0 Å². The molecule has 18 heavy (non-hydrogen) atoms. The van der Waals surface area contributed by atoms with Gasteiger partial charge in [0.1, 0.15) is 11.0 Å². The van der Waals surface area contributed by atoms with E-state index in [1.807, 2.05) is 6.07 Å². The lowest BCUT2D eigenvalue weighted by Gasteiger charge is -2.06. The second-order valence-corrected chi connectivity index (χ2v) is 3.98. The first kappa shape index (κ1) is 12.3. The standard InChI is InChI=1S/C12H7ClFN3O/c13-11-4-12(18)17(7-16-11)6-9-3-8(5-15)1-2-10(9)14/h1-4,7H,6H2. The van der Waals surface area contributed by atoms with E-state index in [9.17, 15) is 9.18 Å². The van der Waals surface area contributed by atoms with Crippen LogP contribution in [0.5, 0.6) is 0 Å². The van der Waals surface area contributed by atoms with Crippen molar-refractivity contribution in [3.63, 3.8) is 0 Å². The highest BCUT2D eigenvalue weighted by molar-refractivity contribution is 6.29. The first-order valence-electron chi connectivity index (χ1n) is 5.00. The fourth-order valence-corrected chi connectivity index (χ4v) is 1.61. The van der Waals surface area contributed by atoms with Gasteiger partial charge in [-0.25, -0.2) is 9.37 Å². The van der Waals surface area contributed by atoms with Crippen molar-refractivity contribution in [3.8, 4) is 6.07 Å². The molecule has 90 valence electrons. The van der Waals surface area contributed by atoms with Gasteiger partial charge in [-0.05, 0) is 18.2 Å². The first-order valence-corrected chi connectivity index (χ1v) is 5.38. The SMILES string of the molecule is N#Cc1ccc(F)c(Cn2cnc(Cl)cc2=O)c1. The summed E-state index contributed by atoms with van der Waals surface area (Å²) in [4.78, 5) is 15.3. The van der Waals surface area contributed by atoms with Gasteiger partial charge in [-0.1, -0.05) is 11.6 Å². The maximum absolute atomic E-state index is 13.5. The third-order valence-corrected chi connectivity index (χ3v) is 2.57. The molecule has 1 aromatic carbocycles. The van der Waals surface area contributed by atoms with Crippen molar-refractivity contribution in [1.29, 1.82) is 5.26 Å². The van der Waals surface area contributed by atoms with Crippen molar-refractivity contribution in [1.82, 2.24) is 9.55 Å². The zero-order valence-electron chi connectivity index (χ0n) is 9.10. The monoisotopic (exact) mass is 263 g/mol. The van der Waals surface area contributed by atoms with Crippen LogP contribution in [0.2, 0.25) is 5.15 Å². The van der Waals surface area contributed by atoms with Gasteiger partial charge in [-0.3, -0.25) is 9.36 Å². The van der Waals surface area contributed by atoms with E-state index < -0.39 is 5.82 Å². The number of nitriles is 1. The molecule has 0 radical (unpaired) electrons. The molecule has 0 amide bonds. The topological polar surface area (TPSA) is 58.7 Å². The van der Waals surface area contributed by atoms with E-state index in [4.69, 9.17) is 16.9 Å². The van der Waals surface area contributed by atoms with Gasteiger partial charge in [0, 0.05) is 11.6 Å². The predicted octanol–water partition coefficient (Wildman–Crippen LogP) is 1.96. The zero-order valence-corrected chi connectivity index (χ0v) is 9.86. The van der Waals surface area contributed by atoms with Crippen molar-refractivity contribution in [3.05, 3.63) is 63.0 Å². The van der Waals surface area contributed by atoms with Crippen LogP contribution in [0.1, 0.15) is 11.1 Å². The minimum Gasteiger partial charge on any atom is -0.295 e. The van der Waals surface area contributed by atoms with Gasteiger partial charge in [0.2, 0.25) is 0 Å². The molecule has 0 atom stereocenters. The second-order valence-electron chi connectivity index (χ2n) is 3.60. The van der Waals surface area contributed by atoms with Crippen LogP contribution < -0.4 is 5.56 Å². The normalized spacial score (nSPS) is 10.1.